The van der Waals surface area contributed by atoms with Crippen LogP contribution in [0.3, 0.4) is 0 Å². The second-order valence-electron chi connectivity index (χ2n) is 6.12. The third kappa shape index (κ3) is 8.37. The van der Waals surface area contributed by atoms with Crippen molar-refractivity contribution in [3.05, 3.63) is 64.4 Å². The molecule has 3 nitrogen and oxygen atoms in total. The summed E-state index contributed by atoms with van der Waals surface area (Å²) in [7, 11) is 0. The van der Waals surface area contributed by atoms with E-state index in [2.05, 4.69) is 5.32 Å². The fraction of sp³-hybridized carbons (Fsp3) is 0.400. The third-order valence-corrected chi connectivity index (χ3v) is 3.83. The first-order valence-electron chi connectivity index (χ1n) is 8.52. The van der Waals surface area contributed by atoms with Crippen molar-refractivity contribution in [1.82, 2.24) is 5.32 Å². The van der Waals surface area contributed by atoms with Gasteiger partial charge in [0.1, 0.15) is 18.2 Å². The molecule has 6 heteroatoms. The molecule has 0 radical (unpaired) electrons. The Morgan fingerprint density at radius 1 is 1.12 bits per heavy atom. The fourth-order valence-electron chi connectivity index (χ4n) is 2.31. The molecule has 0 bridgehead atoms. The molecule has 0 saturated heterocycles. The van der Waals surface area contributed by atoms with Gasteiger partial charge in [0.15, 0.2) is 0 Å². The molecule has 26 heavy (non-hydrogen) atoms. The van der Waals surface area contributed by atoms with Crippen LogP contribution in [0.1, 0.15) is 31.4 Å². The maximum absolute atomic E-state index is 13.0. The zero-order valence-corrected chi connectivity index (χ0v) is 16.7. The van der Waals surface area contributed by atoms with Crippen molar-refractivity contribution in [2.75, 3.05) is 13.2 Å². The Hall–Kier alpha value is -1.33. The maximum Gasteiger partial charge on any atom is 0.124 e. The van der Waals surface area contributed by atoms with E-state index in [4.69, 9.17) is 21.1 Å². The van der Waals surface area contributed by atoms with Gasteiger partial charge < -0.3 is 14.8 Å². The van der Waals surface area contributed by atoms with Crippen LogP contribution in [0.5, 0.6) is 5.75 Å². The lowest BCUT2D eigenvalue weighted by Gasteiger charge is -2.13. The predicted molar refractivity (Wildman–Crippen MR) is 107 cm³/mol. The van der Waals surface area contributed by atoms with Crippen molar-refractivity contribution in [2.24, 2.45) is 0 Å². The molecule has 0 heterocycles. The smallest absolute Gasteiger partial charge is 0.124 e. The van der Waals surface area contributed by atoms with Crippen LogP contribution in [0.2, 0.25) is 5.02 Å². The van der Waals surface area contributed by atoms with Crippen molar-refractivity contribution in [3.8, 4) is 5.75 Å². The highest BCUT2D eigenvalue weighted by Gasteiger charge is 2.06. The first kappa shape index (κ1) is 22.7. The normalized spacial score (nSPS) is 10.7. The van der Waals surface area contributed by atoms with Gasteiger partial charge in [0.2, 0.25) is 0 Å². The fourth-order valence-corrected chi connectivity index (χ4v) is 2.50. The van der Waals surface area contributed by atoms with Gasteiger partial charge in [0, 0.05) is 23.7 Å². The summed E-state index contributed by atoms with van der Waals surface area (Å²) in [5, 5.41) is 4.06. The van der Waals surface area contributed by atoms with E-state index in [1.807, 2.05) is 32.0 Å². The van der Waals surface area contributed by atoms with Gasteiger partial charge in [0.05, 0.1) is 6.10 Å². The monoisotopic (exact) mass is 401 g/mol. The molecule has 1 N–H and O–H groups in total. The molecule has 0 aromatic heterocycles. The number of hydrogen-bond donors (Lipinski definition) is 1. The van der Waals surface area contributed by atoms with E-state index in [1.165, 1.54) is 12.1 Å². The van der Waals surface area contributed by atoms with Gasteiger partial charge in [-0.2, -0.15) is 0 Å². The van der Waals surface area contributed by atoms with E-state index in [0.29, 0.717) is 18.2 Å². The molecule has 2 aromatic carbocycles. The van der Waals surface area contributed by atoms with Crippen LogP contribution in [-0.4, -0.2) is 19.3 Å². The van der Waals surface area contributed by atoms with E-state index in [-0.39, 0.29) is 24.3 Å². The minimum atomic E-state index is -0.249. The summed E-state index contributed by atoms with van der Waals surface area (Å²) in [6.07, 6.45) is 1.21. The van der Waals surface area contributed by atoms with Crippen molar-refractivity contribution in [3.63, 3.8) is 0 Å². The van der Waals surface area contributed by atoms with Crippen molar-refractivity contribution >= 4 is 24.0 Å². The summed E-state index contributed by atoms with van der Waals surface area (Å²) in [5.41, 5.74) is 1.92. The summed E-state index contributed by atoms with van der Waals surface area (Å²) < 4.78 is 24.4. The molecule has 0 spiro atoms. The van der Waals surface area contributed by atoms with E-state index >= 15 is 0 Å². The highest BCUT2D eigenvalue weighted by atomic mass is 35.5. The largest absolute Gasteiger partial charge is 0.489 e. The quantitative estimate of drug-likeness (QED) is 0.541. The van der Waals surface area contributed by atoms with Crippen LogP contribution < -0.4 is 10.1 Å². The lowest BCUT2D eigenvalue weighted by atomic mass is 10.2. The number of hydrogen-bond acceptors (Lipinski definition) is 3. The second kappa shape index (κ2) is 12.1. The maximum atomic E-state index is 13.0. The zero-order valence-electron chi connectivity index (χ0n) is 15.1. The van der Waals surface area contributed by atoms with E-state index < -0.39 is 0 Å². The van der Waals surface area contributed by atoms with Gasteiger partial charge in [0.25, 0.3) is 0 Å². The van der Waals surface area contributed by atoms with Crippen LogP contribution in [0.25, 0.3) is 0 Å². The minimum absolute atomic E-state index is 0. The third-order valence-electron chi connectivity index (χ3n) is 3.59. The molecule has 0 aliphatic heterocycles. The van der Waals surface area contributed by atoms with E-state index in [9.17, 15) is 4.39 Å². The minimum Gasteiger partial charge on any atom is -0.489 e. The van der Waals surface area contributed by atoms with E-state index in [1.54, 1.807) is 12.1 Å². The highest BCUT2D eigenvalue weighted by molar-refractivity contribution is 6.30. The number of rotatable bonds is 10. The Balaban J connectivity index is 0.00000338. The number of halogens is 3. The van der Waals surface area contributed by atoms with Gasteiger partial charge in [-0.15, -0.1) is 12.4 Å². The molecule has 0 aliphatic rings. The number of ether oxygens (including phenoxy) is 2. The van der Waals surface area contributed by atoms with Crippen molar-refractivity contribution < 1.29 is 13.9 Å². The summed E-state index contributed by atoms with van der Waals surface area (Å²) in [6.45, 7) is 6.72. The van der Waals surface area contributed by atoms with Crippen molar-refractivity contribution in [2.45, 2.75) is 39.5 Å². The van der Waals surface area contributed by atoms with Crippen LogP contribution in [-0.2, 0) is 17.9 Å². The van der Waals surface area contributed by atoms with Crippen LogP contribution in [0, 0.1) is 5.82 Å². The lowest BCUT2D eigenvalue weighted by molar-refractivity contribution is 0.0770. The summed E-state index contributed by atoms with van der Waals surface area (Å²) in [4.78, 5) is 0. The summed E-state index contributed by atoms with van der Waals surface area (Å²) in [6, 6.07) is 11.9. The zero-order chi connectivity index (χ0) is 18.1. The molecular weight excluding hydrogens is 376 g/mol. The summed E-state index contributed by atoms with van der Waals surface area (Å²) >= 11 is 6.10. The highest BCUT2D eigenvalue weighted by Crippen LogP contribution is 2.24. The average Bonchev–Trinajstić information content (AvgIpc) is 2.58. The van der Waals surface area contributed by atoms with Crippen molar-refractivity contribution in [1.29, 1.82) is 0 Å². The Labute approximate surface area is 166 Å². The van der Waals surface area contributed by atoms with Gasteiger partial charge in [-0.05, 0) is 62.7 Å². The van der Waals surface area contributed by atoms with Crippen LogP contribution >= 0.6 is 24.0 Å². The SMILES string of the molecule is CC(C)OCCCNCc1cc(Cl)ccc1OCc1ccc(F)cc1.Cl. The molecule has 0 atom stereocenters. The molecule has 0 saturated carbocycles. The molecule has 2 rings (SSSR count). The molecule has 0 amide bonds. The van der Waals surface area contributed by atoms with Gasteiger partial charge in [-0.3, -0.25) is 0 Å². The van der Waals surface area contributed by atoms with Crippen LogP contribution in [0.15, 0.2) is 42.5 Å². The topological polar surface area (TPSA) is 30.5 Å². The predicted octanol–water partition coefficient (Wildman–Crippen LogP) is 5.38. The van der Waals surface area contributed by atoms with Crippen LogP contribution in [0.4, 0.5) is 4.39 Å². The molecule has 0 fully saturated rings. The Bertz CT molecular complexity index is 651. The first-order valence-corrected chi connectivity index (χ1v) is 8.90. The Morgan fingerprint density at radius 2 is 1.85 bits per heavy atom. The number of nitrogens with one attached hydrogen (secondary N) is 1. The van der Waals surface area contributed by atoms with E-state index in [0.717, 1.165) is 36.4 Å². The standard InChI is InChI=1S/C20H25ClFNO2.ClH/c1-15(2)24-11-3-10-23-13-17-12-18(21)6-9-20(17)25-14-16-4-7-19(22)8-5-16;/h4-9,12,15,23H,3,10-11,13-14H2,1-2H3;1H. The number of benzene rings is 2. The molecule has 144 valence electrons. The lowest BCUT2D eigenvalue weighted by Crippen LogP contribution is -2.18. The Kier molecular flexibility index (Phi) is 10.6. The van der Waals surface area contributed by atoms with Gasteiger partial charge in [-0.25, -0.2) is 4.39 Å². The second-order valence-corrected chi connectivity index (χ2v) is 6.55. The summed E-state index contributed by atoms with van der Waals surface area (Å²) in [5.74, 6) is 0.529. The van der Waals surface area contributed by atoms with Gasteiger partial charge in [-0.1, -0.05) is 23.7 Å². The molecule has 2 aromatic rings. The average molecular weight is 402 g/mol. The first-order chi connectivity index (χ1) is 12.0. The van der Waals surface area contributed by atoms with Gasteiger partial charge >= 0.3 is 0 Å². The molecular formula is C20H26Cl2FNO2. The Morgan fingerprint density at radius 3 is 2.54 bits per heavy atom. The molecule has 0 unspecified atom stereocenters. The molecule has 0 aliphatic carbocycles.